The lowest BCUT2D eigenvalue weighted by Gasteiger charge is -2.10. The summed E-state index contributed by atoms with van der Waals surface area (Å²) in [5.74, 6) is 0.822. The van der Waals surface area contributed by atoms with Gasteiger partial charge in [0.2, 0.25) is 5.91 Å². The summed E-state index contributed by atoms with van der Waals surface area (Å²) in [5, 5.41) is 6.03. The Balaban J connectivity index is 0.00000301. The Kier molecular flexibility index (Phi) is 12.2. The van der Waals surface area contributed by atoms with Gasteiger partial charge in [-0.15, -0.1) is 0 Å². The molecule has 0 heterocycles. The van der Waals surface area contributed by atoms with E-state index in [1.807, 2.05) is 71.9 Å². The summed E-state index contributed by atoms with van der Waals surface area (Å²) >= 11 is 0. The molecule has 0 atom stereocenters. The number of nitrogens with zero attached hydrogens (tertiary/aromatic N) is 2. The summed E-state index contributed by atoms with van der Waals surface area (Å²) in [7, 11) is 0. The molecular formula is C21H32N4O. The van der Waals surface area contributed by atoms with Crippen molar-refractivity contribution in [3.63, 3.8) is 0 Å². The van der Waals surface area contributed by atoms with Crippen LogP contribution in [-0.4, -0.2) is 25.4 Å². The molecule has 0 spiro atoms. The van der Waals surface area contributed by atoms with Crippen LogP contribution in [0, 0.1) is 5.92 Å². The minimum absolute atomic E-state index is 0.148. The van der Waals surface area contributed by atoms with Crippen LogP contribution in [0.5, 0.6) is 0 Å². The van der Waals surface area contributed by atoms with Gasteiger partial charge < -0.3 is 10.6 Å². The van der Waals surface area contributed by atoms with Crippen molar-refractivity contribution in [1.29, 1.82) is 0 Å². The van der Waals surface area contributed by atoms with E-state index < -0.39 is 0 Å². The van der Waals surface area contributed by atoms with Crippen LogP contribution in [0.3, 0.4) is 0 Å². The molecule has 1 amide bonds. The van der Waals surface area contributed by atoms with E-state index in [1.165, 1.54) is 0 Å². The van der Waals surface area contributed by atoms with Gasteiger partial charge >= 0.3 is 0 Å². The zero-order chi connectivity index (χ0) is 19.9. The molecule has 142 valence electrons. The predicted octanol–water partition coefficient (Wildman–Crippen LogP) is 5.30. The third-order valence-electron chi connectivity index (χ3n) is 3.02. The number of hydrogen-bond acceptors (Lipinski definition) is 4. The Morgan fingerprint density at radius 3 is 2.38 bits per heavy atom. The molecule has 1 aromatic carbocycles. The van der Waals surface area contributed by atoms with Crippen molar-refractivity contribution in [2.45, 2.75) is 41.5 Å². The minimum Gasteiger partial charge on any atom is -0.340 e. The Morgan fingerprint density at radius 1 is 1.23 bits per heavy atom. The number of carbonyl (C=O) groups excluding carboxylic acids is 1. The van der Waals surface area contributed by atoms with Crippen molar-refractivity contribution in [2.75, 3.05) is 17.2 Å². The van der Waals surface area contributed by atoms with Gasteiger partial charge in [-0.2, -0.15) is 0 Å². The van der Waals surface area contributed by atoms with Crippen LogP contribution in [0.25, 0.3) is 0 Å². The summed E-state index contributed by atoms with van der Waals surface area (Å²) in [4.78, 5) is 20.1. The molecule has 5 heteroatoms. The standard InChI is InChI=1S/C19H26N4O.C2H6/c1-6-21-13-15(4)19(20-5)23-17-9-7-8-16(12-17)22-18(24)11-10-14(2)3;1-2/h7-14,23H,5-6H2,1-4H3,(H,22,24);1-2H3/b11-10+,19-15+,21-13?;. The third kappa shape index (κ3) is 9.57. The highest BCUT2D eigenvalue weighted by Crippen LogP contribution is 2.18. The van der Waals surface area contributed by atoms with Gasteiger partial charge in [0.1, 0.15) is 5.82 Å². The molecule has 0 bridgehead atoms. The molecule has 0 aliphatic rings. The van der Waals surface area contributed by atoms with Gasteiger partial charge in [-0.3, -0.25) is 9.79 Å². The molecule has 0 saturated carbocycles. The number of carbonyl (C=O) groups is 1. The number of aliphatic imine (C=N–C) groups is 2. The average molecular weight is 357 g/mol. The summed E-state index contributed by atoms with van der Waals surface area (Å²) in [5.41, 5.74) is 2.41. The second-order valence-corrected chi connectivity index (χ2v) is 5.62. The number of nitrogens with one attached hydrogen (secondary N) is 2. The average Bonchev–Trinajstić information content (AvgIpc) is 2.64. The van der Waals surface area contributed by atoms with Crippen LogP contribution in [0.15, 0.2) is 57.8 Å². The number of anilines is 2. The molecule has 26 heavy (non-hydrogen) atoms. The Hall–Kier alpha value is -2.69. The van der Waals surface area contributed by atoms with Gasteiger partial charge in [-0.05, 0) is 50.8 Å². The fourth-order valence-corrected chi connectivity index (χ4v) is 1.83. The topological polar surface area (TPSA) is 65.8 Å². The molecule has 0 aliphatic carbocycles. The highest BCUT2D eigenvalue weighted by atomic mass is 16.1. The van der Waals surface area contributed by atoms with Crippen molar-refractivity contribution in [3.8, 4) is 0 Å². The lowest BCUT2D eigenvalue weighted by Crippen LogP contribution is -2.08. The molecule has 2 N–H and O–H groups in total. The molecule has 0 aliphatic heterocycles. The van der Waals surface area contributed by atoms with E-state index in [0.717, 1.165) is 11.3 Å². The summed E-state index contributed by atoms with van der Waals surface area (Å²) in [6.45, 7) is 16.2. The van der Waals surface area contributed by atoms with E-state index in [1.54, 1.807) is 12.3 Å². The molecule has 0 unspecified atom stereocenters. The molecular weight excluding hydrogens is 324 g/mol. The first-order valence-electron chi connectivity index (χ1n) is 9.00. The highest BCUT2D eigenvalue weighted by molar-refractivity contribution is 5.99. The zero-order valence-corrected chi connectivity index (χ0v) is 16.8. The van der Waals surface area contributed by atoms with Crippen LogP contribution < -0.4 is 10.6 Å². The van der Waals surface area contributed by atoms with Crippen LogP contribution in [-0.2, 0) is 4.79 Å². The molecule has 0 radical (unpaired) electrons. The lowest BCUT2D eigenvalue weighted by atomic mass is 10.2. The Labute approximate surface area is 158 Å². The Morgan fingerprint density at radius 2 is 1.85 bits per heavy atom. The van der Waals surface area contributed by atoms with Gasteiger partial charge in [0.25, 0.3) is 0 Å². The maximum Gasteiger partial charge on any atom is 0.248 e. The smallest absolute Gasteiger partial charge is 0.248 e. The van der Waals surface area contributed by atoms with E-state index in [0.29, 0.717) is 24.0 Å². The van der Waals surface area contributed by atoms with Gasteiger partial charge in [-0.25, -0.2) is 4.99 Å². The van der Waals surface area contributed by atoms with Gasteiger partial charge in [0, 0.05) is 29.7 Å². The maximum atomic E-state index is 11.9. The van der Waals surface area contributed by atoms with Crippen LogP contribution in [0.4, 0.5) is 11.4 Å². The van der Waals surface area contributed by atoms with E-state index in [2.05, 4.69) is 27.3 Å². The molecule has 0 aromatic heterocycles. The SMILES string of the molecule is C=N/C(Nc1cccc(NC(=O)/C=C/C(C)C)c1)=C(/C)C=NCC.CC. The van der Waals surface area contributed by atoms with E-state index in [4.69, 9.17) is 0 Å². The van der Waals surface area contributed by atoms with Crippen molar-refractivity contribution in [1.82, 2.24) is 0 Å². The summed E-state index contributed by atoms with van der Waals surface area (Å²) in [6, 6.07) is 7.44. The van der Waals surface area contributed by atoms with Crippen LogP contribution >= 0.6 is 0 Å². The number of allylic oxidation sites excluding steroid dienone is 2. The fraction of sp³-hybridized carbons (Fsp3) is 0.381. The first-order valence-corrected chi connectivity index (χ1v) is 9.00. The fourth-order valence-electron chi connectivity index (χ4n) is 1.83. The highest BCUT2D eigenvalue weighted by Gasteiger charge is 2.03. The zero-order valence-electron chi connectivity index (χ0n) is 16.8. The van der Waals surface area contributed by atoms with E-state index in [9.17, 15) is 4.79 Å². The van der Waals surface area contributed by atoms with Crippen molar-refractivity contribution < 1.29 is 4.79 Å². The molecule has 1 aromatic rings. The lowest BCUT2D eigenvalue weighted by molar-refractivity contribution is -0.111. The summed E-state index contributed by atoms with van der Waals surface area (Å²) in [6.07, 6.45) is 5.17. The van der Waals surface area contributed by atoms with E-state index >= 15 is 0 Å². The minimum atomic E-state index is -0.148. The summed E-state index contributed by atoms with van der Waals surface area (Å²) < 4.78 is 0. The second kappa shape index (κ2) is 13.6. The number of rotatable bonds is 8. The first-order chi connectivity index (χ1) is 12.5. The molecule has 0 saturated heterocycles. The molecule has 0 fully saturated rings. The van der Waals surface area contributed by atoms with Crippen molar-refractivity contribution >= 4 is 30.2 Å². The van der Waals surface area contributed by atoms with Crippen LogP contribution in [0.1, 0.15) is 41.5 Å². The second-order valence-electron chi connectivity index (χ2n) is 5.62. The Bertz CT molecular complexity index is 658. The van der Waals surface area contributed by atoms with Gasteiger partial charge in [-0.1, -0.05) is 39.8 Å². The largest absolute Gasteiger partial charge is 0.340 e. The normalized spacial score (nSPS) is 11.8. The number of hydrogen-bond donors (Lipinski definition) is 2. The van der Waals surface area contributed by atoms with E-state index in [-0.39, 0.29) is 5.91 Å². The molecule has 1 rings (SSSR count). The quantitative estimate of drug-likeness (QED) is 0.490. The van der Waals surface area contributed by atoms with Crippen LogP contribution in [0.2, 0.25) is 0 Å². The van der Waals surface area contributed by atoms with Crippen molar-refractivity contribution in [3.05, 3.63) is 47.8 Å². The third-order valence-corrected chi connectivity index (χ3v) is 3.02. The van der Waals surface area contributed by atoms with Crippen molar-refractivity contribution in [2.24, 2.45) is 15.9 Å². The number of benzene rings is 1. The van der Waals surface area contributed by atoms with Gasteiger partial charge in [0.05, 0.1) is 0 Å². The maximum absolute atomic E-state index is 11.9. The van der Waals surface area contributed by atoms with Gasteiger partial charge in [0.15, 0.2) is 0 Å². The monoisotopic (exact) mass is 356 g/mol. The number of amides is 1. The molecule has 5 nitrogen and oxygen atoms in total. The first kappa shape index (κ1) is 23.3. The predicted molar refractivity (Wildman–Crippen MR) is 115 cm³/mol.